The highest BCUT2D eigenvalue weighted by Gasteiger charge is 2.36. The number of anilines is 1. The molecule has 0 saturated carbocycles. The number of esters is 1. The lowest BCUT2D eigenvalue weighted by Crippen LogP contribution is -2.59. The minimum absolute atomic E-state index is 0.0367. The molecule has 13 heteroatoms. The number of rotatable bonds is 9. The number of hydrogen-bond donors (Lipinski definition) is 2. The topological polar surface area (TPSA) is 118 Å². The lowest BCUT2D eigenvalue weighted by atomic mass is 9.99. The molecule has 3 saturated heterocycles. The summed E-state index contributed by atoms with van der Waals surface area (Å²) in [7, 11) is 0. The molecule has 5 amide bonds. The van der Waals surface area contributed by atoms with E-state index >= 15 is 0 Å². The molecule has 4 aliphatic rings. The van der Waals surface area contributed by atoms with E-state index in [2.05, 4.69) is 48.5 Å². The van der Waals surface area contributed by atoms with Crippen molar-refractivity contribution in [3.8, 4) is 0 Å². The van der Waals surface area contributed by atoms with E-state index in [-0.39, 0.29) is 30.0 Å². The van der Waals surface area contributed by atoms with Crippen LogP contribution in [0.1, 0.15) is 54.9 Å². The standard InChI is InChI=1S/C38H52BrN7O5/c1-4-51-34(47)25-42-13-9-30(10-14-42)43-17-19-44(20-18-43)36(48)33(23-28-21-26(2)35(39)27(3)22-28)41-37(49)45-15-11-31(12-16-45)46-24-29-7-5-6-8-32(29)40-38(46)50/h5-8,21-22,30-31,33H,4,9-20,23-25H2,1-3H3,(H,40,50)(H,41,49). The van der Waals surface area contributed by atoms with Crippen LogP contribution in [0.5, 0.6) is 0 Å². The number of amides is 5. The molecular weight excluding hydrogens is 714 g/mol. The second-order valence-electron chi connectivity index (χ2n) is 14.4. The predicted octanol–water partition coefficient (Wildman–Crippen LogP) is 4.37. The van der Waals surface area contributed by atoms with Crippen LogP contribution < -0.4 is 10.6 Å². The summed E-state index contributed by atoms with van der Waals surface area (Å²) in [6, 6.07) is 11.5. The lowest BCUT2D eigenvalue weighted by molar-refractivity contribution is -0.144. The van der Waals surface area contributed by atoms with Crippen molar-refractivity contribution in [2.75, 3.05) is 70.8 Å². The van der Waals surface area contributed by atoms with Crippen LogP contribution in [0.2, 0.25) is 0 Å². The first-order valence-electron chi connectivity index (χ1n) is 18.5. The second-order valence-corrected chi connectivity index (χ2v) is 15.1. The molecule has 51 heavy (non-hydrogen) atoms. The molecule has 1 atom stereocenters. The highest BCUT2D eigenvalue weighted by molar-refractivity contribution is 9.10. The van der Waals surface area contributed by atoms with Gasteiger partial charge in [0.15, 0.2) is 0 Å². The number of piperazine rings is 1. The van der Waals surface area contributed by atoms with Crippen LogP contribution in [0.3, 0.4) is 0 Å². The van der Waals surface area contributed by atoms with E-state index < -0.39 is 6.04 Å². The molecule has 12 nitrogen and oxygen atoms in total. The highest BCUT2D eigenvalue weighted by atomic mass is 79.9. The number of halogens is 1. The first-order valence-corrected chi connectivity index (χ1v) is 19.3. The third-order valence-corrected chi connectivity index (χ3v) is 12.2. The Morgan fingerprint density at radius 2 is 1.55 bits per heavy atom. The normalized spacial score (nSPS) is 20.1. The van der Waals surface area contributed by atoms with Gasteiger partial charge in [0, 0.05) is 87.6 Å². The van der Waals surface area contributed by atoms with E-state index in [1.807, 2.05) is 54.8 Å². The Hall–Kier alpha value is -3.68. The zero-order chi connectivity index (χ0) is 36.1. The summed E-state index contributed by atoms with van der Waals surface area (Å²) in [5, 5.41) is 6.15. The number of hydrogen-bond acceptors (Lipinski definition) is 7. The van der Waals surface area contributed by atoms with Gasteiger partial charge in [-0.3, -0.25) is 19.4 Å². The zero-order valence-electron chi connectivity index (χ0n) is 30.2. The largest absolute Gasteiger partial charge is 0.465 e. The maximum atomic E-state index is 14.2. The molecule has 0 aromatic heterocycles. The number of likely N-dealkylation sites (tertiary alicyclic amines) is 2. The van der Waals surface area contributed by atoms with E-state index in [9.17, 15) is 19.2 Å². The van der Waals surface area contributed by atoms with Crippen LogP contribution in [0, 0.1) is 13.8 Å². The molecule has 0 bridgehead atoms. The first kappa shape index (κ1) is 37.1. The van der Waals surface area contributed by atoms with Gasteiger partial charge in [0.2, 0.25) is 5.91 Å². The van der Waals surface area contributed by atoms with Crippen LogP contribution in [0.15, 0.2) is 40.9 Å². The average Bonchev–Trinajstić information content (AvgIpc) is 3.13. The second kappa shape index (κ2) is 16.8. The molecule has 276 valence electrons. The maximum absolute atomic E-state index is 14.2. The van der Waals surface area contributed by atoms with Crippen molar-refractivity contribution in [2.24, 2.45) is 0 Å². The van der Waals surface area contributed by atoms with Crippen molar-refractivity contribution in [1.82, 2.24) is 29.8 Å². The average molecular weight is 767 g/mol. The van der Waals surface area contributed by atoms with Crippen molar-refractivity contribution < 1.29 is 23.9 Å². The molecular formula is C38H52BrN7O5. The van der Waals surface area contributed by atoms with E-state index in [4.69, 9.17) is 4.74 Å². The van der Waals surface area contributed by atoms with Gasteiger partial charge in [-0.15, -0.1) is 0 Å². The molecule has 3 fully saturated rings. The van der Waals surface area contributed by atoms with Gasteiger partial charge >= 0.3 is 18.0 Å². The van der Waals surface area contributed by atoms with Crippen LogP contribution >= 0.6 is 15.9 Å². The summed E-state index contributed by atoms with van der Waals surface area (Å²) >= 11 is 3.66. The van der Waals surface area contributed by atoms with Gasteiger partial charge in [-0.1, -0.05) is 46.3 Å². The Bertz CT molecular complexity index is 1560. The monoisotopic (exact) mass is 765 g/mol. The van der Waals surface area contributed by atoms with Gasteiger partial charge in [-0.2, -0.15) is 0 Å². The maximum Gasteiger partial charge on any atom is 0.322 e. The Morgan fingerprint density at radius 1 is 0.902 bits per heavy atom. The fraction of sp³-hybridized carbons (Fsp3) is 0.579. The van der Waals surface area contributed by atoms with E-state index in [1.54, 1.807) is 4.90 Å². The molecule has 0 spiro atoms. The lowest BCUT2D eigenvalue weighted by Gasteiger charge is -2.43. The number of ether oxygens (including phenoxy) is 1. The van der Waals surface area contributed by atoms with Crippen molar-refractivity contribution >= 4 is 45.6 Å². The number of urea groups is 2. The Balaban J connectivity index is 1.05. The van der Waals surface area contributed by atoms with E-state index in [1.165, 1.54) is 0 Å². The van der Waals surface area contributed by atoms with E-state index in [0.717, 1.165) is 71.4 Å². The van der Waals surface area contributed by atoms with Gasteiger partial charge in [0.25, 0.3) is 0 Å². The molecule has 0 radical (unpaired) electrons. The third kappa shape index (κ3) is 9.04. The number of carbonyl (C=O) groups is 4. The van der Waals surface area contributed by atoms with Crippen molar-refractivity contribution in [1.29, 1.82) is 0 Å². The Kier molecular flexibility index (Phi) is 12.2. The van der Waals surface area contributed by atoms with Gasteiger partial charge in [-0.25, -0.2) is 9.59 Å². The summed E-state index contributed by atoms with van der Waals surface area (Å²) in [6.07, 6.45) is 3.73. The Morgan fingerprint density at radius 3 is 2.22 bits per heavy atom. The number of para-hydroxylation sites is 1. The van der Waals surface area contributed by atoms with Gasteiger partial charge in [-0.05, 0) is 74.8 Å². The summed E-state index contributed by atoms with van der Waals surface area (Å²) in [4.78, 5) is 63.1. The number of aryl methyl sites for hydroxylation is 2. The predicted molar refractivity (Wildman–Crippen MR) is 199 cm³/mol. The Labute approximate surface area is 309 Å². The minimum atomic E-state index is -0.697. The molecule has 4 heterocycles. The number of carbonyl (C=O) groups excluding carboxylic acids is 4. The van der Waals surface area contributed by atoms with Crippen LogP contribution in [-0.4, -0.2) is 132 Å². The SMILES string of the molecule is CCOC(=O)CN1CCC(N2CCN(C(=O)C(Cc3cc(C)c(Br)c(C)c3)NC(=O)N3CCC(N4Cc5ccccc5NC4=O)CC3)CC2)CC1. The summed E-state index contributed by atoms with van der Waals surface area (Å²) in [5.74, 6) is -0.218. The summed E-state index contributed by atoms with van der Waals surface area (Å²) < 4.78 is 6.17. The zero-order valence-corrected chi connectivity index (χ0v) is 31.8. The third-order valence-electron chi connectivity index (χ3n) is 10.9. The number of piperidine rings is 2. The number of nitrogens with one attached hydrogen (secondary N) is 2. The van der Waals surface area contributed by atoms with Crippen molar-refractivity contribution in [2.45, 2.75) is 77.5 Å². The minimum Gasteiger partial charge on any atom is -0.465 e. The quantitative estimate of drug-likeness (QED) is 0.365. The molecule has 2 aromatic carbocycles. The molecule has 2 aromatic rings. The van der Waals surface area contributed by atoms with Crippen LogP contribution in [0.4, 0.5) is 15.3 Å². The molecule has 1 unspecified atom stereocenters. The molecule has 6 rings (SSSR count). The van der Waals surface area contributed by atoms with Gasteiger partial charge in [0.05, 0.1) is 13.2 Å². The van der Waals surface area contributed by atoms with Crippen LogP contribution in [-0.2, 0) is 27.3 Å². The summed E-state index contributed by atoms with van der Waals surface area (Å²) in [5.41, 5.74) is 5.15. The van der Waals surface area contributed by atoms with Crippen molar-refractivity contribution in [3.63, 3.8) is 0 Å². The molecule has 0 aliphatic carbocycles. The first-order chi connectivity index (χ1) is 24.6. The number of nitrogens with zero attached hydrogens (tertiary/aromatic N) is 5. The molecule has 4 aliphatic heterocycles. The smallest absolute Gasteiger partial charge is 0.322 e. The van der Waals surface area contributed by atoms with Crippen molar-refractivity contribution in [3.05, 3.63) is 63.1 Å². The van der Waals surface area contributed by atoms with E-state index in [0.29, 0.717) is 71.2 Å². The number of benzene rings is 2. The summed E-state index contributed by atoms with van der Waals surface area (Å²) in [6.45, 7) is 12.8. The van der Waals surface area contributed by atoms with Crippen LogP contribution in [0.25, 0.3) is 0 Å². The molecule has 2 N–H and O–H groups in total. The number of fused-ring (bicyclic) bond motifs is 1. The fourth-order valence-corrected chi connectivity index (χ4v) is 8.32. The highest BCUT2D eigenvalue weighted by Crippen LogP contribution is 2.28. The van der Waals surface area contributed by atoms with Gasteiger partial charge in [0.1, 0.15) is 6.04 Å². The van der Waals surface area contributed by atoms with Gasteiger partial charge < -0.3 is 30.1 Å². The fourth-order valence-electron chi connectivity index (χ4n) is 8.09.